The Morgan fingerprint density at radius 1 is 1.53 bits per heavy atom. The lowest BCUT2D eigenvalue weighted by atomic mass is 9.88. The van der Waals surface area contributed by atoms with Crippen molar-refractivity contribution in [3.63, 3.8) is 0 Å². The zero-order chi connectivity index (χ0) is 12.4. The van der Waals surface area contributed by atoms with Crippen molar-refractivity contribution in [2.75, 3.05) is 18.4 Å². The van der Waals surface area contributed by atoms with Gasteiger partial charge < -0.3 is 15.7 Å². The molecule has 2 rings (SSSR count). The summed E-state index contributed by atoms with van der Waals surface area (Å²) < 4.78 is 0. The first kappa shape index (κ1) is 11.9. The molecule has 0 radical (unpaired) electrons. The van der Waals surface area contributed by atoms with E-state index in [4.69, 9.17) is 0 Å². The molecule has 0 bridgehead atoms. The molecule has 1 atom stereocenters. The van der Waals surface area contributed by atoms with E-state index in [2.05, 4.69) is 10.6 Å². The van der Waals surface area contributed by atoms with E-state index >= 15 is 0 Å². The highest BCUT2D eigenvalue weighted by molar-refractivity contribution is 5.94. The van der Waals surface area contributed by atoms with E-state index in [1.165, 1.54) is 0 Å². The van der Waals surface area contributed by atoms with Crippen LogP contribution in [0.5, 0.6) is 5.75 Å². The fraction of sp³-hybridized carbons (Fsp3) is 0.462. The lowest BCUT2D eigenvalue weighted by molar-refractivity contribution is -0.121. The number of rotatable bonds is 3. The van der Waals surface area contributed by atoms with Gasteiger partial charge in [0.2, 0.25) is 5.91 Å². The van der Waals surface area contributed by atoms with Crippen LogP contribution in [0.25, 0.3) is 0 Å². The van der Waals surface area contributed by atoms with Crippen LogP contribution in [0.15, 0.2) is 18.2 Å². The van der Waals surface area contributed by atoms with Crippen molar-refractivity contribution in [1.82, 2.24) is 5.32 Å². The number of carbonyl (C=O) groups is 1. The molecule has 1 heterocycles. The Hall–Kier alpha value is -1.55. The standard InChI is InChI=1S/C13H18N2O2/c1-8-3-4-12(16)11(5-8)15-13(17)9(2)10-6-14-7-10/h3-5,9-10,14,16H,6-7H2,1-2H3,(H,15,17). The number of phenolic OH excluding ortho intramolecular Hbond substituents is 1. The predicted octanol–water partition coefficient (Wildman–Crippen LogP) is 1.49. The van der Waals surface area contributed by atoms with Gasteiger partial charge in [0.05, 0.1) is 5.69 Å². The van der Waals surface area contributed by atoms with Crippen LogP contribution in [-0.4, -0.2) is 24.1 Å². The highest BCUT2D eigenvalue weighted by atomic mass is 16.3. The summed E-state index contributed by atoms with van der Waals surface area (Å²) in [4.78, 5) is 12.0. The number of nitrogens with one attached hydrogen (secondary N) is 2. The first-order chi connectivity index (χ1) is 8.08. The molecule has 0 saturated carbocycles. The van der Waals surface area contributed by atoms with Gasteiger partial charge in [-0.05, 0) is 43.6 Å². The summed E-state index contributed by atoms with van der Waals surface area (Å²) in [5.41, 5.74) is 1.50. The molecule has 3 N–H and O–H groups in total. The Balaban J connectivity index is 2.04. The molecule has 1 saturated heterocycles. The molecule has 1 aliphatic heterocycles. The average Bonchev–Trinajstić information content (AvgIpc) is 2.21. The third-order valence-electron chi connectivity index (χ3n) is 3.34. The fourth-order valence-electron chi connectivity index (χ4n) is 1.88. The van der Waals surface area contributed by atoms with Gasteiger partial charge in [-0.25, -0.2) is 0 Å². The maximum absolute atomic E-state index is 12.0. The van der Waals surface area contributed by atoms with Crippen molar-refractivity contribution in [3.05, 3.63) is 23.8 Å². The second-order valence-electron chi connectivity index (χ2n) is 4.72. The average molecular weight is 234 g/mol. The van der Waals surface area contributed by atoms with E-state index in [0.29, 0.717) is 11.6 Å². The number of carbonyl (C=O) groups excluding carboxylic acids is 1. The Morgan fingerprint density at radius 2 is 2.24 bits per heavy atom. The molecule has 1 aromatic carbocycles. The van der Waals surface area contributed by atoms with Gasteiger partial charge in [0.25, 0.3) is 0 Å². The van der Waals surface area contributed by atoms with Crippen molar-refractivity contribution in [3.8, 4) is 5.75 Å². The summed E-state index contributed by atoms with van der Waals surface area (Å²) >= 11 is 0. The predicted molar refractivity (Wildman–Crippen MR) is 67.0 cm³/mol. The maximum atomic E-state index is 12.0. The quantitative estimate of drug-likeness (QED) is 0.694. The second-order valence-corrected chi connectivity index (χ2v) is 4.72. The molecule has 0 spiro atoms. The van der Waals surface area contributed by atoms with Crippen LogP contribution in [-0.2, 0) is 4.79 Å². The summed E-state index contributed by atoms with van der Waals surface area (Å²) in [6, 6.07) is 5.18. The van der Waals surface area contributed by atoms with Crippen molar-refractivity contribution in [2.24, 2.45) is 11.8 Å². The Morgan fingerprint density at radius 3 is 2.82 bits per heavy atom. The SMILES string of the molecule is Cc1ccc(O)c(NC(=O)C(C)C2CNC2)c1. The molecular formula is C13H18N2O2. The summed E-state index contributed by atoms with van der Waals surface area (Å²) in [6.07, 6.45) is 0. The number of phenols is 1. The van der Waals surface area contributed by atoms with Crippen LogP contribution in [0, 0.1) is 18.8 Å². The fourth-order valence-corrected chi connectivity index (χ4v) is 1.88. The zero-order valence-corrected chi connectivity index (χ0v) is 10.2. The van der Waals surface area contributed by atoms with E-state index in [1.54, 1.807) is 12.1 Å². The Labute approximate surface area is 101 Å². The van der Waals surface area contributed by atoms with Crippen molar-refractivity contribution in [2.45, 2.75) is 13.8 Å². The van der Waals surface area contributed by atoms with Crippen molar-refractivity contribution < 1.29 is 9.90 Å². The lowest BCUT2D eigenvalue weighted by Crippen LogP contribution is -2.48. The number of aryl methyl sites for hydroxylation is 1. The first-order valence-corrected chi connectivity index (χ1v) is 5.89. The molecule has 4 nitrogen and oxygen atoms in total. The van der Waals surface area contributed by atoms with E-state index in [1.807, 2.05) is 19.9 Å². The van der Waals surface area contributed by atoms with E-state index in [9.17, 15) is 9.90 Å². The van der Waals surface area contributed by atoms with Gasteiger partial charge in [-0.15, -0.1) is 0 Å². The van der Waals surface area contributed by atoms with Gasteiger partial charge in [0.15, 0.2) is 0 Å². The van der Waals surface area contributed by atoms with Gasteiger partial charge in [-0.2, -0.15) is 0 Å². The molecule has 1 aromatic rings. The first-order valence-electron chi connectivity index (χ1n) is 5.89. The topological polar surface area (TPSA) is 61.4 Å². The molecule has 1 fully saturated rings. The normalized spacial score (nSPS) is 17.3. The van der Waals surface area contributed by atoms with Gasteiger partial charge in [-0.1, -0.05) is 13.0 Å². The number of benzene rings is 1. The van der Waals surface area contributed by atoms with Gasteiger partial charge in [0, 0.05) is 5.92 Å². The molecule has 1 aliphatic rings. The molecule has 1 unspecified atom stereocenters. The number of hydrogen-bond acceptors (Lipinski definition) is 3. The minimum absolute atomic E-state index is 0.0302. The smallest absolute Gasteiger partial charge is 0.227 e. The van der Waals surface area contributed by atoms with Crippen LogP contribution in [0.2, 0.25) is 0 Å². The van der Waals surface area contributed by atoms with Gasteiger partial charge in [-0.3, -0.25) is 4.79 Å². The number of amides is 1. The molecular weight excluding hydrogens is 216 g/mol. The second kappa shape index (κ2) is 4.75. The minimum atomic E-state index is -0.0313. The van der Waals surface area contributed by atoms with Crippen molar-refractivity contribution in [1.29, 1.82) is 0 Å². The van der Waals surface area contributed by atoms with Gasteiger partial charge in [0.1, 0.15) is 5.75 Å². The number of aromatic hydroxyl groups is 1. The van der Waals surface area contributed by atoms with Crippen molar-refractivity contribution >= 4 is 11.6 Å². The van der Waals surface area contributed by atoms with E-state index < -0.39 is 0 Å². The molecule has 0 aliphatic carbocycles. The maximum Gasteiger partial charge on any atom is 0.227 e. The number of hydrogen-bond donors (Lipinski definition) is 3. The molecule has 0 aromatic heterocycles. The number of anilines is 1. The van der Waals surface area contributed by atoms with E-state index in [-0.39, 0.29) is 17.6 Å². The zero-order valence-electron chi connectivity index (χ0n) is 10.2. The molecule has 1 amide bonds. The monoisotopic (exact) mass is 234 g/mol. The summed E-state index contributed by atoms with van der Waals surface area (Å²) in [5.74, 6) is 0.457. The van der Waals surface area contributed by atoms with Crippen LogP contribution < -0.4 is 10.6 Å². The third-order valence-corrected chi connectivity index (χ3v) is 3.34. The molecule has 4 heteroatoms. The summed E-state index contributed by atoms with van der Waals surface area (Å²) in [6.45, 7) is 5.64. The largest absolute Gasteiger partial charge is 0.506 e. The van der Waals surface area contributed by atoms with Crippen LogP contribution in [0.3, 0.4) is 0 Å². The van der Waals surface area contributed by atoms with Crippen LogP contribution >= 0.6 is 0 Å². The highest BCUT2D eigenvalue weighted by Crippen LogP contribution is 2.25. The minimum Gasteiger partial charge on any atom is -0.506 e. The van der Waals surface area contributed by atoms with Crippen LogP contribution in [0.1, 0.15) is 12.5 Å². The lowest BCUT2D eigenvalue weighted by Gasteiger charge is -2.31. The summed E-state index contributed by atoms with van der Waals surface area (Å²) in [5, 5.41) is 15.6. The van der Waals surface area contributed by atoms with Gasteiger partial charge >= 0.3 is 0 Å². The molecule has 92 valence electrons. The van der Waals surface area contributed by atoms with E-state index in [0.717, 1.165) is 18.7 Å². The Kier molecular flexibility index (Phi) is 3.33. The Bertz CT molecular complexity index is 427. The summed E-state index contributed by atoms with van der Waals surface area (Å²) in [7, 11) is 0. The molecule has 17 heavy (non-hydrogen) atoms. The third kappa shape index (κ3) is 2.58. The van der Waals surface area contributed by atoms with Crippen LogP contribution in [0.4, 0.5) is 5.69 Å². The highest BCUT2D eigenvalue weighted by Gasteiger charge is 2.28.